The maximum absolute atomic E-state index is 12.2. The lowest BCUT2D eigenvalue weighted by Gasteiger charge is -2.11. The van der Waals surface area contributed by atoms with Crippen molar-refractivity contribution in [2.75, 3.05) is 13.2 Å². The number of hydrogen-bond acceptors (Lipinski definition) is 7. The average Bonchev–Trinajstić information content (AvgIpc) is 2.58. The fourth-order valence-electron chi connectivity index (χ4n) is 1.73. The second-order valence-electron chi connectivity index (χ2n) is 4.45. The number of hydrogen-bond donors (Lipinski definition) is 0. The van der Waals surface area contributed by atoms with Gasteiger partial charge in [0.15, 0.2) is 0 Å². The molecule has 0 saturated heterocycles. The summed E-state index contributed by atoms with van der Waals surface area (Å²) >= 11 is 0. The molecule has 0 saturated carbocycles. The summed E-state index contributed by atoms with van der Waals surface area (Å²) < 4.78 is 11.6. The van der Waals surface area contributed by atoms with E-state index in [1.165, 1.54) is 7.05 Å². The molecule has 24 heavy (non-hydrogen) atoms. The van der Waals surface area contributed by atoms with Gasteiger partial charge in [0.25, 0.3) is 0 Å². The highest BCUT2D eigenvalue weighted by molar-refractivity contribution is 5.81. The third-order valence-electron chi connectivity index (χ3n) is 2.95. The van der Waals surface area contributed by atoms with Gasteiger partial charge in [-0.2, -0.15) is 0 Å². The van der Waals surface area contributed by atoms with E-state index in [1.807, 2.05) is 0 Å². The highest BCUT2D eigenvalue weighted by atomic mass is 16.5. The number of carbonyl (C=O) groups is 2. The van der Waals surface area contributed by atoms with Gasteiger partial charge in [-0.3, -0.25) is 0 Å². The van der Waals surface area contributed by atoms with Gasteiger partial charge in [0.2, 0.25) is 0 Å². The molecule has 1 heterocycles. The molecule has 1 rings (SSSR count). The third kappa shape index (κ3) is 4.41. The van der Waals surface area contributed by atoms with Crippen LogP contribution >= 0.6 is 0 Å². The van der Waals surface area contributed by atoms with Gasteiger partial charge >= 0.3 is 29.0 Å². The van der Waals surface area contributed by atoms with Crippen LogP contribution in [0.25, 0.3) is 0 Å². The Morgan fingerprint density at radius 1 is 0.875 bits per heavy atom. The third-order valence-corrected chi connectivity index (χ3v) is 2.95. The van der Waals surface area contributed by atoms with E-state index < -0.39 is 29.0 Å². The number of carbonyl (C=O) groups excluding carboxylic acids is 2. The molecule has 1 aromatic rings. The van der Waals surface area contributed by atoms with Crippen LogP contribution in [0.1, 0.15) is 0 Å². The van der Waals surface area contributed by atoms with Crippen molar-refractivity contribution >= 4 is 11.9 Å². The average molecular weight is 339 g/mol. The Labute approximate surface area is 135 Å². The Morgan fingerprint density at radius 3 is 1.58 bits per heavy atom. The quantitative estimate of drug-likeness (QED) is 0.403. The highest BCUT2D eigenvalue weighted by Crippen LogP contribution is 1.84. The molecule has 0 aliphatic heterocycles. The summed E-state index contributed by atoms with van der Waals surface area (Å²) in [5.74, 6) is -1.41. The zero-order valence-corrected chi connectivity index (χ0v) is 13.1. The van der Waals surface area contributed by atoms with E-state index in [2.05, 4.69) is 13.2 Å². The van der Waals surface area contributed by atoms with Crippen LogP contribution in [0.15, 0.2) is 39.7 Å². The van der Waals surface area contributed by atoms with Crippen molar-refractivity contribution in [3.8, 4) is 0 Å². The van der Waals surface area contributed by atoms with E-state index in [4.69, 9.17) is 9.47 Å². The van der Waals surface area contributed by atoms with E-state index in [-0.39, 0.29) is 26.3 Å². The van der Waals surface area contributed by atoms with E-state index in [0.29, 0.717) is 0 Å². The Bertz CT molecular complexity index is 764. The van der Waals surface area contributed by atoms with Crippen LogP contribution in [0.4, 0.5) is 0 Å². The number of esters is 2. The molecule has 10 heteroatoms. The molecule has 0 fully saturated rings. The van der Waals surface area contributed by atoms with Crippen molar-refractivity contribution in [3.63, 3.8) is 0 Å². The van der Waals surface area contributed by atoms with Gasteiger partial charge in [-0.15, -0.1) is 0 Å². The lowest BCUT2D eigenvalue weighted by atomic mass is 10.6. The number of ether oxygens (including phenoxy) is 2. The molecule has 0 aliphatic rings. The first kappa shape index (κ1) is 18.9. The van der Waals surface area contributed by atoms with Gasteiger partial charge in [0.1, 0.15) is 13.2 Å². The summed E-state index contributed by atoms with van der Waals surface area (Å²) in [5.41, 5.74) is -2.59. The fraction of sp³-hybridized carbons (Fsp3) is 0.357. The molecular weight excluding hydrogens is 322 g/mol. The Morgan fingerprint density at radius 2 is 1.25 bits per heavy atom. The molecule has 0 aromatic carbocycles. The Balaban J connectivity index is 3.06. The van der Waals surface area contributed by atoms with Crippen molar-refractivity contribution in [2.24, 2.45) is 7.05 Å². The predicted octanol–water partition coefficient (Wildman–Crippen LogP) is -1.83. The first-order valence-corrected chi connectivity index (χ1v) is 6.82. The van der Waals surface area contributed by atoms with E-state index in [9.17, 15) is 24.0 Å². The minimum atomic E-state index is -0.896. The normalized spacial score (nSPS) is 10.0. The fourth-order valence-corrected chi connectivity index (χ4v) is 1.73. The summed E-state index contributed by atoms with van der Waals surface area (Å²) in [6, 6.07) is 0. The second-order valence-corrected chi connectivity index (χ2v) is 4.45. The molecule has 0 unspecified atom stereocenters. The topological polar surface area (TPSA) is 119 Å². The molecule has 0 atom stereocenters. The highest BCUT2D eigenvalue weighted by Gasteiger charge is 2.13. The Kier molecular flexibility index (Phi) is 6.65. The lowest BCUT2D eigenvalue weighted by molar-refractivity contribution is -0.138. The van der Waals surface area contributed by atoms with Crippen LogP contribution in [-0.4, -0.2) is 38.9 Å². The smallest absolute Gasteiger partial charge is 0.336 e. The SMILES string of the molecule is C=CC(=O)OCCn1c(=O)n(C)c(=O)n(CCOC(=O)C=C)c1=O. The van der Waals surface area contributed by atoms with Gasteiger partial charge in [-0.25, -0.2) is 37.7 Å². The summed E-state index contributed by atoms with van der Waals surface area (Å²) in [6.07, 6.45) is 1.88. The molecule has 0 N–H and O–H groups in total. The minimum Gasteiger partial charge on any atom is -0.461 e. The predicted molar refractivity (Wildman–Crippen MR) is 82.5 cm³/mol. The van der Waals surface area contributed by atoms with Crippen LogP contribution in [-0.2, 0) is 39.2 Å². The van der Waals surface area contributed by atoms with Crippen LogP contribution in [0, 0.1) is 0 Å². The van der Waals surface area contributed by atoms with Gasteiger partial charge in [0, 0.05) is 19.2 Å². The van der Waals surface area contributed by atoms with Gasteiger partial charge in [-0.05, 0) is 0 Å². The maximum atomic E-state index is 12.2. The summed E-state index contributed by atoms with van der Waals surface area (Å²) in [7, 11) is 1.20. The van der Waals surface area contributed by atoms with Crippen molar-refractivity contribution in [1.82, 2.24) is 13.7 Å². The summed E-state index contributed by atoms with van der Waals surface area (Å²) in [4.78, 5) is 58.2. The molecule has 130 valence electrons. The zero-order valence-electron chi connectivity index (χ0n) is 13.1. The van der Waals surface area contributed by atoms with Crippen LogP contribution in [0.3, 0.4) is 0 Å². The van der Waals surface area contributed by atoms with Gasteiger partial charge in [-0.1, -0.05) is 13.2 Å². The number of nitrogens with zero attached hydrogens (tertiary/aromatic N) is 3. The maximum Gasteiger partial charge on any atom is 0.336 e. The van der Waals surface area contributed by atoms with Crippen molar-refractivity contribution < 1.29 is 19.1 Å². The molecule has 1 aromatic heterocycles. The largest absolute Gasteiger partial charge is 0.461 e. The van der Waals surface area contributed by atoms with Crippen LogP contribution < -0.4 is 17.1 Å². The van der Waals surface area contributed by atoms with Crippen LogP contribution in [0.5, 0.6) is 0 Å². The standard InChI is InChI=1S/C14H17N3O7/c1-4-10(18)23-8-6-16-12(20)15(3)13(21)17(14(16)22)7-9-24-11(19)5-2/h4-5H,1-2,6-9H2,3H3. The summed E-state index contributed by atoms with van der Waals surface area (Å²) in [6.45, 7) is 5.46. The minimum absolute atomic E-state index is 0.238. The van der Waals surface area contributed by atoms with Gasteiger partial charge in [0.05, 0.1) is 13.1 Å². The molecular formula is C14H17N3O7. The summed E-state index contributed by atoms with van der Waals surface area (Å²) in [5, 5.41) is 0. The molecule has 10 nitrogen and oxygen atoms in total. The van der Waals surface area contributed by atoms with Crippen LogP contribution in [0.2, 0.25) is 0 Å². The number of rotatable bonds is 8. The van der Waals surface area contributed by atoms with Crippen molar-refractivity contribution in [2.45, 2.75) is 13.1 Å². The molecule has 0 amide bonds. The lowest BCUT2D eigenvalue weighted by Crippen LogP contribution is -2.54. The Hall–Kier alpha value is -3.17. The first-order chi connectivity index (χ1) is 11.3. The molecule has 0 aliphatic carbocycles. The van der Waals surface area contributed by atoms with Crippen molar-refractivity contribution in [3.05, 3.63) is 56.8 Å². The first-order valence-electron chi connectivity index (χ1n) is 6.82. The molecule has 0 bridgehead atoms. The van der Waals surface area contributed by atoms with E-state index in [0.717, 1.165) is 25.9 Å². The molecule has 0 radical (unpaired) electrons. The second kappa shape index (κ2) is 8.46. The van der Waals surface area contributed by atoms with E-state index in [1.54, 1.807) is 0 Å². The molecule has 0 spiro atoms. The zero-order chi connectivity index (χ0) is 18.3. The van der Waals surface area contributed by atoms with E-state index >= 15 is 0 Å². The number of aromatic nitrogens is 3. The van der Waals surface area contributed by atoms with Crippen molar-refractivity contribution in [1.29, 1.82) is 0 Å². The monoisotopic (exact) mass is 339 g/mol. The van der Waals surface area contributed by atoms with Gasteiger partial charge < -0.3 is 9.47 Å².